The van der Waals surface area contributed by atoms with Crippen LogP contribution in [0.2, 0.25) is 0 Å². The van der Waals surface area contributed by atoms with Gasteiger partial charge in [0.1, 0.15) is 0 Å². The minimum atomic E-state index is 0.788. The molecular weight excluding hydrogens is 360 g/mol. The van der Waals surface area contributed by atoms with Crippen LogP contribution in [0.25, 0.3) is 0 Å². The molecule has 0 saturated carbocycles. The maximum atomic E-state index is 5.76. The molecule has 3 rings (SSSR count). The molecule has 1 N–H and O–H groups in total. The first kappa shape index (κ1) is 20.1. The van der Waals surface area contributed by atoms with Crippen LogP contribution in [-0.2, 0) is 19.3 Å². The predicted molar refractivity (Wildman–Crippen MR) is 124 cm³/mol. The van der Waals surface area contributed by atoms with Crippen LogP contribution in [0.4, 0.5) is 5.69 Å². The Morgan fingerprint density at radius 3 is 1.68 bits per heavy atom. The lowest BCUT2D eigenvalue weighted by molar-refractivity contribution is 0.432. The molecule has 0 aliphatic carbocycles. The van der Waals surface area contributed by atoms with Gasteiger partial charge < -0.3 is 10.2 Å². The second-order valence-corrected chi connectivity index (χ2v) is 7.33. The van der Waals surface area contributed by atoms with Gasteiger partial charge in [-0.2, -0.15) is 0 Å². The molecule has 0 radical (unpaired) electrons. The third-order valence-electron chi connectivity index (χ3n) is 4.93. The highest BCUT2D eigenvalue weighted by Crippen LogP contribution is 2.12. The van der Waals surface area contributed by atoms with Gasteiger partial charge in [-0.25, -0.2) is 0 Å². The summed E-state index contributed by atoms with van der Waals surface area (Å²) in [6.45, 7) is 3.97. The zero-order valence-corrected chi connectivity index (χ0v) is 17.3. The first-order chi connectivity index (χ1) is 13.7. The summed E-state index contributed by atoms with van der Waals surface area (Å²) in [5.74, 6) is 0. The number of rotatable bonds is 8. The van der Waals surface area contributed by atoms with E-state index in [2.05, 4.69) is 102 Å². The fourth-order valence-corrected chi connectivity index (χ4v) is 3.46. The summed E-state index contributed by atoms with van der Waals surface area (Å²) in [5.41, 5.74) is 5.05. The molecule has 0 bridgehead atoms. The van der Waals surface area contributed by atoms with Crippen LogP contribution in [0.3, 0.4) is 0 Å². The lowest BCUT2D eigenvalue weighted by atomic mass is 10.1. The minimum Gasteiger partial charge on any atom is -0.348 e. The van der Waals surface area contributed by atoms with Gasteiger partial charge in [-0.3, -0.25) is 0 Å². The first-order valence-corrected chi connectivity index (χ1v) is 10.4. The number of benzene rings is 3. The molecule has 3 aromatic carbocycles. The zero-order chi connectivity index (χ0) is 19.6. The summed E-state index contributed by atoms with van der Waals surface area (Å²) in [7, 11) is 0. The van der Waals surface area contributed by atoms with E-state index in [1.165, 1.54) is 16.7 Å². The maximum Gasteiger partial charge on any atom is 0.173 e. The zero-order valence-electron chi connectivity index (χ0n) is 16.5. The van der Waals surface area contributed by atoms with Crippen molar-refractivity contribution in [2.24, 2.45) is 0 Å². The highest BCUT2D eigenvalue weighted by atomic mass is 32.1. The molecule has 0 heterocycles. The van der Waals surface area contributed by atoms with Gasteiger partial charge in [-0.1, -0.05) is 79.7 Å². The molecule has 0 aliphatic heterocycles. The molecule has 0 fully saturated rings. The Morgan fingerprint density at radius 2 is 1.21 bits per heavy atom. The Hall–Kier alpha value is -2.65. The fraction of sp³-hybridized carbons (Fsp3) is 0.240. The summed E-state index contributed by atoms with van der Waals surface area (Å²) in [5, 5.41) is 4.21. The van der Waals surface area contributed by atoms with Crippen molar-refractivity contribution in [3.05, 3.63) is 102 Å². The quantitative estimate of drug-likeness (QED) is 0.496. The van der Waals surface area contributed by atoms with Crippen molar-refractivity contribution in [1.29, 1.82) is 0 Å². The van der Waals surface area contributed by atoms with E-state index in [1.807, 2.05) is 0 Å². The van der Waals surface area contributed by atoms with E-state index < -0.39 is 0 Å². The number of nitrogens with one attached hydrogen (secondary N) is 1. The van der Waals surface area contributed by atoms with Crippen LogP contribution in [-0.4, -0.2) is 23.1 Å². The SMILES string of the molecule is CCc1ccc(NC(=S)N(CCc2ccccc2)CCc2ccccc2)cc1. The summed E-state index contributed by atoms with van der Waals surface area (Å²) >= 11 is 5.76. The van der Waals surface area contributed by atoms with Gasteiger partial charge in [0.2, 0.25) is 0 Å². The van der Waals surface area contributed by atoms with Crippen molar-refractivity contribution < 1.29 is 0 Å². The summed E-state index contributed by atoms with van der Waals surface area (Å²) in [4.78, 5) is 2.28. The molecule has 0 saturated heterocycles. The van der Waals surface area contributed by atoms with E-state index in [9.17, 15) is 0 Å². The largest absolute Gasteiger partial charge is 0.348 e. The molecule has 0 amide bonds. The Morgan fingerprint density at radius 1 is 0.714 bits per heavy atom. The standard InChI is InChI=1S/C25H28N2S/c1-2-21-13-15-24(16-14-21)26-25(28)27(19-17-22-9-5-3-6-10-22)20-18-23-11-7-4-8-12-23/h3-16H,2,17-20H2,1H3,(H,26,28). The van der Waals surface area contributed by atoms with Crippen LogP contribution in [0.15, 0.2) is 84.9 Å². The van der Waals surface area contributed by atoms with Gasteiger partial charge in [-0.15, -0.1) is 0 Å². The molecule has 3 aromatic rings. The van der Waals surface area contributed by atoms with E-state index >= 15 is 0 Å². The van der Waals surface area contributed by atoms with Crippen LogP contribution < -0.4 is 5.32 Å². The normalized spacial score (nSPS) is 10.5. The molecule has 0 aromatic heterocycles. The van der Waals surface area contributed by atoms with Crippen molar-refractivity contribution in [3.8, 4) is 0 Å². The summed E-state index contributed by atoms with van der Waals surface area (Å²) < 4.78 is 0. The van der Waals surface area contributed by atoms with Crippen LogP contribution >= 0.6 is 12.2 Å². The van der Waals surface area contributed by atoms with Gasteiger partial charge in [0, 0.05) is 18.8 Å². The molecular formula is C25H28N2S. The van der Waals surface area contributed by atoms with E-state index in [0.717, 1.165) is 43.2 Å². The van der Waals surface area contributed by atoms with Crippen molar-refractivity contribution in [1.82, 2.24) is 4.90 Å². The van der Waals surface area contributed by atoms with Crippen LogP contribution in [0, 0.1) is 0 Å². The topological polar surface area (TPSA) is 15.3 Å². The van der Waals surface area contributed by atoms with Crippen LogP contribution in [0.5, 0.6) is 0 Å². The average Bonchev–Trinajstić information content (AvgIpc) is 2.75. The van der Waals surface area contributed by atoms with E-state index in [0.29, 0.717) is 0 Å². The van der Waals surface area contributed by atoms with Crippen molar-refractivity contribution in [2.75, 3.05) is 18.4 Å². The van der Waals surface area contributed by atoms with Crippen molar-refractivity contribution in [3.63, 3.8) is 0 Å². The van der Waals surface area contributed by atoms with Gasteiger partial charge in [0.25, 0.3) is 0 Å². The lowest BCUT2D eigenvalue weighted by Gasteiger charge is -2.26. The minimum absolute atomic E-state index is 0.788. The average molecular weight is 389 g/mol. The van der Waals surface area contributed by atoms with Gasteiger partial charge in [0.15, 0.2) is 5.11 Å². The number of hydrogen-bond donors (Lipinski definition) is 1. The highest BCUT2D eigenvalue weighted by molar-refractivity contribution is 7.80. The molecule has 0 aliphatic rings. The van der Waals surface area contributed by atoms with Crippen molar-refractivity contribution >= 4 is 23.0 Å². The van der Waals surface area contributed by atoms with E-state index in [4.69, 9.17) is 12.2 Å². The van der Waals surface area contributed by atoms with Gasteiger partial charge in [0.05, 0.1) is 0 Å². The Bertz CT molecular complexity index is 801. The first-order valence-electron chi connectivity index (χ1n) is 9.97. The van der Waals surface area contributed by atoms with Crippen LogP contribution in [0.1, 0.15) is 23.6 Å². The Balaban J connectivity index is 1.65. The third kappa shape index (κ3) is 6.21. The monoisotopic (exact) mass is 388 g/mol. The van der Waals surface area contributed by atoms with E-state index in [1.54, 1.807) is 0 Å². The molecule has 0 spiro atoms. The highest BCUT2D eigenvalue weighted by Gasteiger charge is 2.11. The van der Waals surface area contributed by atoms with Gasteiger partial charge in [-0.05, 0) is 60.3 Å². The Kier molecular flexibility index (Phi) is 7.62. The Labute approximate surface area is 174 Å². The van der Waals surface area contributed by atoms with Gasteiger partial charge >= 0.3 is 0 Å². The predicted octanol–water partition coefficient (Wildman–Crippen LogP) is 5.73. The molecule has 0 unspecified atom stereocenters. The smallest absolute Gasteiger partial charge is 0.173 e. The lowest BCUT2D eigenvalue weighted by Crippen LogP contribution is -2.37. The van der Waals surface area contributed by atoms with E-state index in [-0.39, 0.29) is 0 Å². The summed E-state index contributed by atoms with van der Waals surface area (Å²) in [6, 6.07) is 29.7. The molecule has 144 valence electrons. The molecule has 3 heteroatoms. The number of anilines is 1. The second-order valence-electron chi connectivity index (χ2n) is 6.94. The fourth-order valence-electron chi connectivity index (χ4n) is 3.16. The molecule has 28 heavy (non-hydrogen) atoms. The van der Waals surface area contributed by atoms with Crippen molar-refractivity contribution in [2.45, 2.75) is 26.2 Å². The number of thiocarbonyl (C=S) groups is 1. The second kappa shape index (κ2) is 10.6. The molecule has 2 nitrogen and oxygen atoms in total. The number of aryl methyl sites for hydroxylation is 1. The third-order valence-corrected chi connectivity index (χ3v) is 5.29. The maximum absolute atomic E-state index is 5.76. The number of hydrogen-bond acceptors (Lipinski definition) is 1. The summed E-state index contributed by atoms with van der Waals surface area (Å²) in [6.07, 6.45) is 3.00. The number of nitrogens with zero attached hydrogens (tertiary/aromatic N) is 1. The molecule has 0 atom stereocenters.